The Morgan fingerprint density at radius 1 is 0.623 bits per heavy atom. The van der Waals surface area contributed by atoms with E-state index >= 15 is 0 Å². The van der Waals surface area contributed by atoms with E-state index in [0.29, 0.717) is 12.8 Å². The molecule has 0 saturated carbocycles. The van der Waals surface area contributed by atoms with Crippen LogP contribution in [-0.2, 0) is 121 Å². The molecule has 1 unspecified atom stereocenters. The first-order valence-corrected chi connectivity index (χ1v) is 34.6. The van der Waals surface area contributed by atoms with Crippen molar-refractivity contribution in [2.45, 2.75) is 110 Å². The zero-order chi connectivity index (χ0) is 75.3. The largest absolute Gasteiger partial charge is 0.501 e. The minimum absolute atomic E-state index is 0.00160. The van der Waals surface area contributed by atoms with Crippen molar-refractivity contribution in [2.24, 2.45) is 29.2 Å². The molecule has 0 spiro atoms. The van der Waals surface area contributed by atoms with E-state index in [4.69, 9.17) is 85.5 Å². The maximum absolute atomic E-state index is 14.8. The lowest BCUT2D eigenvalue weighted by Gasteiger charge is -2.43. The molecule has 37 heteroatoms. The van der Waals surface area contributed by atoms with Gasteiger partial charge in [-0.25, -0.2) is 9.97 Å². The molecule has 0 aliphatic carbocycles. The number of rotatable bonds is 32. The lowest BCUT2D eigenvalue weighted by Crippen LogP contribution is -2.63. The van der Waals surface area contributed by atoms with Crippen LogP contribution in [-0.4, -0.2) is 208 Å². The Morgan fingerprint density at radius 2 is 1.15 bits per heavy atom. The van der Waals surface area contributed by atoms with Gasteiger partial charge < -0.3 is 94.2 Å². The van der Waals surface area contributed by atoms with Crippen LogP contribution in [0.5, 0.6) is 40.2 Å². The average molecular weight is 1490 g/mol. The quantitative estimate of drug-likeness (QED) is 0.0142. The van der Waals surface area contributed by atoms with E-state index in [1.807, 2.05) is 23.2 Å². The number of aliphatic imine (C=N–C) groups is 2. The number of amides is 3. The summed E-state index contributed by atoms with van der Waals surface area (Å²) in [6.45, 7) is 4.46. The zero-order valence-corrected chi connectivity index (χ0v) is 59.7. The van der Waals surface area contributed by atoms with E-state index in [2.05, 4.69) is 25.3 Å². The molecule has 4 aromatic carbocycles. The Bertz CT molecular complexity index is 4390. The number of carbonyl (C=O) groups excluding carboxylic acids is 7. The number of esters is 4. The third kappa shape index (κ3) is 18.4. The summed E-state index contributed by atoms with van der Waals surface area (Å²) >= 11 is 0. The number of aryl methyl sites for hydroxylation is 2. The van der Waals surface area contributed by atoms with Gasteiger partial charge in [0.2, 0.25) is 12.4 Å². The van der Waals surface area contributed by atoms with E-state index in [9.17, 15) is 42.0 Å². The number of hydrogen-bond acceptors (Lipinski definition) is 29. The molecular weight excluding hydrogens is 1410 g/mol. The van der Waals surface area contributed by atoms with Gasteiger partial charge in [-0.2, -0.15) is 0 Å². The second kappa shape index (κ2) is 34.0. The first kappa shape index (κ1) is 75.8. The van der Waals surface area contributed by atoms with Gasteiger partial charge in [-0.05, 0) is 65.2 Å². The molecule has 6 aromatic rings. The maximum Gasteiger partial charge on any atom is 0.501 e. The monoisotopic (exact) mass is 1490 g/mol. The van der Waals surface area contributed by atoms with E-state index in [-0.39, 0.29) is 165 Å². The number of carbonyl (C=O) groups is 7. The van der Waals surface area contributed by atoms with Crippen LogP contribution in [0.2, 0.25) is 0 Å². The molecule has 5 aliphatic rings. The second-order valence-electron chi connectivity index (χ2n) is 24.5. The van der Waals surface area contributed by atoms with Crippen molar-refractivity contribution in [3.8, 4) is 40.2 Å². The van der Waals surface area contributed by atoms with Gasteiger partial charge >= 0.3 is 34.3 Å². The zero-order valence-electron chi connectivity index (χ0n) is 58.9. The summed E-state index contributed by atoms with van der Waals surface area (Å²) in [6, 6.07) is 12.9. The SMILES string of the molecule is COc1cc2c(cc1OCc1cc(COc3cc4c(cc3OC)C(=O)N3Cc5ncn(C)c5C[C@H]3C=N4)cc(OS(=O)(=O)Oc3cc(C(=O)NCCOCCOCCOCCN=[N+]=[N-])ccc3OC3O[C@H](COC(C)=O)[C@H](OC(C)=O)[C@H](OC(C)=O)[C@H]3OC(C)=O)c1)N=C[C@@H]1Cc3c(ncn3C)CN1C2=O. The first-order chi connectivity index (χ1) is 51.0. The Balaban J connectivity index is 0.899. The van der Waals surface area contributed by atoms with Crippen molar-refractivity contribution in [1.82, 2.24) is 34.2 Å². The molecule has 0 radical (unpaired) electrons. The average Bonchev–Trinajstić information content (AvgIpc) is 1.54. The molecule has 11 rings (SSSR count). The molecule has 1 N–H and O–H groups in total. The number of nitrogens with one attached hydrogen (secondary N) is 1. The Labute approximate surface area is 606 Å². The third-order valence-electron chi connectivity index (χ3n) is 17.1. The van der Waals surface area contributed by atoms with E-state index in [0.717, 1.165) is 62.6 Å². The highest BCUT2D eigenvalue weighted by molar-refractivity contribution is 7.82. The van der Waals surface area contributed by atoms with Gasteiger partial charge in [0.15, 0.2) is 46.7 Å². The summed E-state index contributed by atoms with van der Waals surface area (Å²) in [5.74, 6) is -6.14. The predicted octanol–water partition coefficient (Wildman–Crippen LogP) is 5.15. The number of aromatic nitrogens is 4. The molecular formula is C69H76N12O24S. The fourth-order valence-electron chi connectivity index (χ4n) is 12.3. The molecule has 106 heavy (non-hydrogen) atoms. The number of imidazole rings is 2. The van der Waals surface area contributed by atoms with Crippen LogP contribution < -0.4 is 37.4 Å². The second-order valence-corrected chi connectivity index (χ2v) is 25.7. The molecule has 7 heterocycles. The minimum atomic E-state index is -5.44. The number of ether oxygens (including phenoxy) is 13. The topological polar surface area (TPSA) is 420 Å². The number of methoxy groups -OCH3 is 2. The standard InChI is InChI=1S/C69H76N12O24S/c1-38(82)96-35-62-63(99-39(2)83)64(100-40(3)84)65(101-41(4)85)69(103-62)102-56-10-9-44(66(86)71-11-13-93-15-17-95-18-16-94-14-12-76-77-70)22-61(56)105-106(89,90)104-47-20-42(33-97-59-27-50-48(25-57(59)91-7)67(87)80-31-52-54(78(5)36-74-52)23-45(80)29-72-50)19-43(21-47)34-98-60-28-51-49(26-58(60)92-8)68(88)81-32-53-55(79(6)37-75-53)24-46(81)30-73-51/h9-10,19-22,25-30,36-37,45-46,62-65,69H,11-18,23-24,31-35H2,1-8H3,(H,71,86)/t45-,46-,62+,63-,64-,65+,69?/m0/s1. The lowest BCUT2D eigenvalue weighted by atomic mass is 9.98. The van der Waals surface area contributed by atoms with Crippen LogP contribution in [0.3, 0.4) is 0 Å². The van der Waals surface area contributed by atoms with Crippen LogP contribution in [0.25, 0.3) is 10.4 Å². The van der Waals surface area contributed by atoms with Crippen LogP contribution in [0.1, 0.15) is 92.7 Å². The van der Waals surface area contributed by atoms with Crippen LogP contribution in [0.15, 0.2) is 88.4 Å². The highest BCUT2D eigenvalue weighted by Crippen LogP contribution is 2.42. The summed E-state index contributed by atoms with van der Waals surface area (Å²) < 4.78 is 120. The number of azide groups is 1. The van der Waals surface area contributed by atoms with Crippen molar-refractivity contribution in [3.05, 3.63) is 134 Å². The number of nitrogens with zero attached hydrogens (tertiary/aromatic N) is 11. The molecule has 1 saturated heterocycles. The Kier molecular flexibility index (Phi) is 24.3. The maximum atomic E-state index is 14.8. The summed E-state index contributed by atoms with van der Waals surface area (Å²) in [4.78, 5) is 117. The third-order valence-corrected chi connectivity index (χ3v) is 17.9. The number of fused-ring (bicyclic) bond motifs is 6. The smallest absolute Gasteiger partial charge is 0.493 e. The molecule has 1 fully saturated rings. The van der Waals surface area contributed by atoms with Crippen molar-refractivity contribution >= 4 is 75.8 Å². The highest BCUT2D eigenvalue weighted by Gasteiger charge is 2.54. The van der Waals surface area contributed by atoms with Crippen LogP contribution >= 0.6 is 0 Å². The lowest BCUT2D eigenvalue weighted by molar-refractivity contribution is -0.288. The Hall–Kier alpha value is -11.4. The molecule has 36 nitrogen and oxygen atoms in total. The fourth-order valence-corrected chi connectivity index (χ4v) is 13.0. The summed E-state index contributed by atoms with van der Waals surface area (Å²) in [5, 5.41) is 6.06. The van der Waals surface area contributed by atoms with E-state index in [1.165, 1.54) is 44.6 Å². The van der Waals surface area contributed by atoms with Gasteiger partial charge in [0, 0.05) is 114 Å². The first-order valence-electron chi connectivity index (χ1n) is 33.2. The van der Waals surface area contributed by atoms with Crippen molar-refractivity contribution in [2.75, 3.05) is 73.6 Å². The van der Waals surface area contributed by atoms with Gasteiger partial charge in [-0.15, -0.1) is 8.42 Å². The molecule has 0 bridgehead atoms. The van der Waals surface area contributed by atoms with Crippen LogP contribution in [0.4, 0.5) is 11.4 Å². The van der Waals surface area contributed by atoms with Gasteiger partial charge in [0.25, 0.3) is 17.7 Å². The minimum Gasteiger partial charge on any atom is -0.493 e. The van der Waals surface area contributed by atoms with Gasteiger partial charge in [0.1, 0.15) is 31.7 Å². The normalized spacial score (nSPS) is 19.0. The number of benzene rings is 4. The molecule has 562 valence electrons. The van der Waals surface area contributed by atoms with Gasteiger partial charge in [-0.1, -0.05) is 5.11 Å². The molecule has 7 atom stereocenters. The van der Waals surface area contributed by atoms with Gasteiger partial charge in [-0.3, -0.25) is 43.5 Å². The van der Waals surface area contributed by atoms with E-state index in [1.54, 1.807) is 53.1 Å². The van der Waals surface area contributed by atoms with Crippen molar-refractivity contribution in [3.63, 3.8) is 0 Å². The summed E-state index contributed by atoms with van der Waals surface area (Å²) in [5.41, 5.74) is 13.3. The van der Waals surface area contributed by atoms with Gasteiger partial charge in [0.05, 0.1) is 126 Å². The predicted molar refractivity (Wildman–Crippen MR) is 367 cm³/mol. The summed E-state index contributed by atoms with van der Waals surface area (Å²) in [6.07, 6.45) is -0.842. The fraction of sp³-hybridized carbons (Fsp3) is 0.435. The Morgan fingerprint density at radius 3 is 1.68 bits per heavy atom. The summed E-state index contributed by atoms with van der Waals surface area (Å²) in [7, 11) is 1.13. The van der Waals surface area contributed by atoms with Crippen molar-refractivity contribution in [1.29, 1.82) is 0 Å². The molecule has 2 aromatic heterocycles. The van der Waals surface area contributed by atoms with Crippen molar-refractivity contribution < 1.29 is 112 Å². The molecule has 3 amide bonds. The number of hydrogen-bond donors (Lipinski definition) is 1. The van der Waals surface area contributed by atoms with Crippen LogP contribution in [0, 0.1) is 0 Å². The molecule has 5 aliphatic heterocycles. The van der Waals surface area contributed by atoms with E-state index < -0.39 is 94.7 Å². The highest BCUT2D eigenvalue weighted by atomic mass is 32.3.